The van der Waals surface area contributed by atoms with Crippen molar-refractivity contribution in [3.05, 3.63) is 27.7 Å². The van der Waals surface area contributed by atoms with Crippen LogP contribution in [0.4, 0.5) is 0 Å². The van der Waals surface area contributed by atoms with E-state index in [0.29, 0.717) is 16.6 Å². The van der Waals surface area contributed by atoms with Crippen molar-refractivity contribution in [2.45, 2.75) is 51.2 Å². The number of halogens is 1. The van der Waals surface area contributed by atoms with Gasteiger partial charge in [-0.05, 0) is 58.8 Å². The molecule has 1 saturated carbocycles. The van der Waals surface area contributed by atoms with Crippen molar-refractivity contribution >= 4 is 26.0 Å². The largest absolute Gasteiger partial charge is 0.392 e. The second-order valence-electron chi connectivity index (χ2n) is 6.08. The van der Waals surface area contributed by atoms with Crippen molar-refractivity contribution in [2.75, 3.05) is 6.54 Å². The van der Waals surface area contributed by atoms with Crippen molar-refractivity contribution in [2.24, 2.45) is 5.92 Å². The predicted molar refractivity (Wildman–Crippen MR) is 86.6 cm³/mol. The van der Waals surface area contributed by atoms with Crippen LogP contribution in [0.3, 0.4) is 0 Å². The molecule has 0 aromatic heterocycles. The molecule has 0 bridgehead atoms. The standard InChI is InChI=1S/C15H22BrNO3S/c1-10(2)8-17(13-4-5-13)21(19,20)14-7-12(9-18)6-11(3)15(14)16/h6-7,10,13,18H,4-5,8-9H2,1-3H3. The maximum absolute atomic E-state index is 13.0. The molecule has 21 heavy (non-hydrogen) atoms. The molecule has 0 radical (unpaired) electrons. The van der Waals surface area contributed by atoms with Crippen molar-refractivity contribution < 1.29 is 13.5 Å². The van der Waals surface area contributed by atoms with E-state index < -0.39 is 10.0 Å². The number of hydrogen-bond donors (Lipinski definition) is 1. The predicted octanol–water partition coefficient (Wildman–Crippen LogP) is 3.06. The second kappa shape index (κ2) is 6.36. The van der Waals surface area contributed by atoms with E-state index in [9.17, 15) is 13.5 Å². The van der Waals surface area contributed by atoms with E-state index in [-0.39, 0.29) is 23.5 Å². The molecule has 0 heterocycles. The van der Waals surface area contributed by atoms with Crippen molar-refractivity contribution in [3.63, 3.8) is 0 Å². The Morgan fingerprint density at radius 1 is 1.38 bits per heavy atom. The molecule has 0 aliphatic heterocycles. The Balaban J connectivity index is 2.49. The van der Waals surface area contributed by atoms with Gasteiger partial charge in [-0.15, -0.1) is 0 Å². The highest BCUT2D eigenvalue weighted by atomic mass is 79.9. The molecule has 6 heteroatoms. The van der Waals surface area contributed by atoms with Gasteiger partial charge in [-0.1, -0.05) is 19.9 Å². The van der Waals surface area contributed by atoms with Gasteiger partial charge in [-0.25, -0.2) is 8.42 Å². The van der Waals surface area contributed by atoms with Crippen LogP contribution in [0.15, 0.2) is 21.5 Å². The first-order chi connectivity index (χ1) is 9.77. The minimum absolute atomic E-state index is 0.127. The summed E-state index contributed by atoms with van der Waals surface area (Å²) in [7, 11) is -3.54. The molecule has 1 aliphatic rings. The Kier molecular flexibility index (Phi) is 5.13. The first-order valence-corrected chi connectivity index (χ1v) is 9.42. The smallest absolute Gasteiger partial charge is 0.244 e. The average molecular weight is 376 g/mol. The van der Waals surface area contributed by atoms with Crippen LogP contribution in [0.2, 0.25) is 0 Å². The average Bonchev–Trinajstić information content (AvgIpc) is 3.22. The van der Waals surface area contributed by atoms with Gasteiger partial charge in [-0.3, -0.25) is 0 Å². The highest BCUT2D eigenvalue weighted by Gasteiger charge is 2.39. The molecule has 0 spiro atoms. The molecule has 0 amide bonds. The first-order valence-electron chi connectivity index (χ1n) is 7.19. The number of hydrogen-bond acceptors (Lipinski definition) is 3. The van der Waals surface area contributed by atoms with Crippen LogP contribution in [-0.2, 0) is 16.6 Å². The van der Waals surface area contributed by atoms with Crippen molar-refractivity contribution in [1.29, 1.82) is 0 Å². The molecule has 2 rings (SSSR count). The van der Waals surface area contributed by atoms with Crippen LogP contribution in [0.5, 0.6) is 0 Å². The lowest BCUT2D eigenvalue weighted by molar-refractivity contribution is 0.281. The van der Waals surface area contributed by atoms with Crippen LogP contribution in [0.1, 0.15) is 37.8 Å². The summed E-state index contributed by atoms with van der Waals surface area (Å²) in [6.45, 7) is 6.25. The van der Waals surface area contributed by atoms with E-state index in [1.54, 1.807) is 16.4 Å². The third-order valence-corrected chi connectivity index (χ3v) is 6.81. The third kappa shape index (κ3) is 3.67. The molecular formula is C15H22BrNO3S. The van der Waals surface area contributed by atoms with E-state index in [1.807, 2.05) is 20.8 Å². The molecule has 1 aromatic rings. The summed E-state index contributed by atoms with van der Waals surface area (Å²) >= 11 is 3.40. The molecule has 1 N–H and O–H groups in total. The van der Waals surface area contributed by atoms with Gasteiger partial charge >= 0.3 is 0 Å². The van der Waals surface area contributed by atoms with Crippen LogP contribution in [0, 0.1) is 12.8 Å². The molecule has 0 unspecified atom stereocenters. The zero-order valence-electron chi connectivity index (χ0n) is 12.6. The third-order valence-electron chi connectivity index (χ3n) is 3.55. The SMILES string of the molecule is Cc1cc(CO)cc(S(=O)(=O)N(CC(C)C)C2CC2)c1Br. The number of nitrogens with zero attached hydrogens (tertiary/aromatic N) is 1. The minimum atomic E-state index is -3.54. The van der Waals surface area contributed by atoms with Crippen LogP contribution >= 0.6 is 15.9 Å². The zero-order valence-corrected chi connectivity index (χ0v) is 15.0. The second-order valence-corrected chi connectivity index (χ2v) is 8.73. The topological polar surface area (TPSA) is 57.6 Å². The molecular weight excluding hydrogens is 354 g/mol. The highest BCUT2D eigenvalue weighted by molar-refractivity contribution is 9.10. The summed E-state index contributed by atoms with van der Waals surface area (Å²) in [5.74, 6) is 0.279. The Hall–Kier alpha value is -0.430. The maximum Gasteiger partial charge on any atom is 0.244 e. The summed E-state index contributed by atoms with van der Waals surface area (Å²) in [6, 6.07) is 3.50. The van der Waals surface area contributed by atoms with E-state index in [2.05, 4.69) is 15.9 Å². The van der Waals surface area contributed by atoms with Gasteiger partial charge in [0, 0.05) is 17.1 Å². The number of benzene rings is 1. The number of sulfonamides is 1. The Morgan fingerprint density at radius 2 is 2.00 bits per heavy atom. The van der Waals surface area contributed by atoms with Gasteiger partial charge in [0.25, 0.3) is 0 Å². The molecule has 0 saturated heterocycles. The zero-order chi connectivity index (χ0) is 15.8. The summed E-state index contributed by atoms with van der Waals surface area (Å²) in [5, 5.41) is 9.32. The quantitative estimate of drug-likeness (QED) is 0.830. The van der Waals surface area contributed by atoms with Gasteiger partial charge < -0.3 is 5.11 Å². The maximum atomic E-state index is 13.0. The fourth-order valence-electron chi connectivity index (χ4n) is 2.38. The van der Waals surface area contributed by atoms with E-state index >= 15 is 0 Å². The molecule has 1 aromatic carbocycles. The summed E-state index contributed by atoms with van der Waals surface area (Å²) < 4.78 is 28.2. The van der Waals surface area contributed by atoms with Crippen LogP contribution < -0.4 is 0 Å². The van der Waals surface area contributed by atoms with E-state index in [1.165, 1.54) is 0 Å². The molecule has 0 atom stereocenters. The molecule has 1 fully saturated rings. The highest BCUT2D eigenvalue weighted by Crippen LogP contribution is 2.36. The Morgan fingerprint density at radius 3 is 2.48 bits per heavy atom. The van der Waals surface area contributed by atoms with Crippen molar-refractivity contribution in [1.82, 2.24) is 4.31 Å². The van der Waals surface area contributed by atoms with Gasteiger partial charge in [0.05, 0.1) is 11.5 Å². The lowest BCUT2D eigenvalue weighted by Crippen LogP contribution is -2.36. The fourth-order valence-corrected chi connectivity index (χ4v) is 5.26. The normalized spacial score (nSPS) is 16.0. The van der Waals surface area contributed by atoms with Crippen molar-refractivity contribution in [3.8, 4) is 0 Å². The lowest BCUT2D eigenvalue weighted by atomic mass is 10.1. The van der Waals surface area contributed by atoms with Gasteiger partial charge in [0.2, 0.25) is 10.0 Å². The molecule has 1 aliphatic carbocycles. The van der Waals surface area contributed by atoms with Gasteiger partial charge in [0.15, 0.2) is 0 Å². The number of rotatable bonds is 6. The summed E-state index contributed by atoms with van der Waals surface area (Å²) in [4.78, 5) is 0.263. The van der Waals surface area contributed by atoms with Gasteiger partial charge in [0.1, 0.15) is 0 Å². The van der Waals surface area contributed by atoms with E-state index in [0.717, 1.165) is 18.4 Å². The number of aryl methyl sites for hydroxylation is 1. The monoisotopic (exact) mass is 375 g/mol. The number of aliphatic hydroxyl groups is 1. The summed E-state index contributed by atoms with van der Waals surface area (Å²) in [6.07, 6.45) is 1.87. The Labute approximate surface area is 135 Å². The Bertz CT molecular complexity index is 624. The summed E-state index contributed by atoms with van der Waals surface area (Å²) in [5.41, 5.74) is 1.44. The van der Waals surface area contributed by atoms with E-state index in [4.69, 9.17) is 0 Å². The fraction of sp³-hybridized carbons (Fsp3) is 0.600. The lowest BCUT2D eigenvalue weighted by Gasteiger charge is -2.25. The molecule has 4 nitrogen and oxygen atoms in total. The molecule has 118 valence electrons. The first kappa shape index (κ1) is 16.9. The van der Waals surface area contributed by atoms with Crippen LogP contribution in [-0.4, -0.2) is 30.4 Å². The van der Waals surface area contributed by atoms with Crippen LogP contribution in [0.25, 0.3) is 0 Å². The van der Waals surface area contributed by atoms with Gasteiger partial charge in [-0.2, -0.15) is 4.31 Å². The minimum Gasteiger partial charge on any atom is -0.392 e. The number of aliphatic hydroxyl groups excluding tert-OH is 1.